The van der Waals surface area contributed by atoms with Crippen LogP contribution in [0.25, 0.3) is 0 Å². The van der Waals surface area contributed by atoms with Crippen molar-refractivity contribution in [3.63, 3.8) is 0 Å². The monoisotopic (exact) mass is 319 g/mol. The van der Waals surface area contributed by atoms with Crippen LogP contribution in [-0.4, -0.2) is 24.0 Å². The number of nitrogens with one attached hydrogen (secondary N) is 1. The molecule has 2 aliphatic rings. The minimum absolute atomic E-state index is 0.0780. The summed E-state index contributed by atoms with van der Waals surface area (Å²) in [5.41, 5.74) is 1.24. The van der Waals surface area contributed by atoms with Gasteiger partial charge in [0.2, 0.25) is 5.91 Å². The highest BCUT2D eigenvalue weighted by molar-refractivity contribution is 7.16. The average Bonchev–Trinajstić information content (AvgIpc) is 3.16. The van der Waals surface area contributed by atoms with Gasteiger partial charge in [-0.25, -0.2) is 4.98 Å². The second kappa shape index (κ2) is 5.42. The van der Waals surface area contributed by atoms with Crippen molar-refractivity contribution >= 4 is 39.5 Å². The zero-order chi connectivity index (χ0) is 14.2. The van der Waals surface area contributed by atoms with Gasteiger partial charge in [0.15, 0.2) is 5.13 Å². The minimum atomic E-state index is 0.0780. The fourth-order valence-electron chi connectivity index (χ4n) is 3.07. The van der Waals surface area contributed by atoms with Crippen molar-refractivity contribution in [3.8, 4) is 0 Å². The molecule has 4 rings (SSSR count). The molecular formula is C15H17N3OS2. The molecule has 4 heterocycles. The van der Waals surface area contributed by atoms with Crippen molar-refractivity contribution in [1.82, 2.24) is 4.98 Å². The van der Waals surface area contributed by atoms with Crippen LogP contribution in [0, 0.1) is 0 Å². The molecule has 2 aromatic heterocycles. The maximum absolute atomic E-state index is 12.0. The molecule has 21 heavy (non-hydrogen) atoms. The number of anilines is 2. The number of fused-ring (bicyclic) bond motifs is 1. The van der Waals surface area contributed by atoms with Crippen molar-refractivity contribution in [3.05, 3.63) is 27.3 Å². The first kappa shape index (κ1) is 13.3. The van der Waals surface area contributed by atoms with Crippen LogP contribution in [0.3, 0.4) is 0 Å². The number of nitrogens with zero attached hydrogens (tertiary/aromatic N) is 2. The molecule has 1 fully saturated rings. The molecule has 0 spiro atoms. The summed E-state index contributed by atoms with van der Waals surface area (Å²) in [5, 5.41) is 8.24. The van der Waals surface area contributed by atoms with Gasteiger partial charge in [-0.2, -0.15) is 11.3 Å². The summed E-state index contributed by atoms with van der Waals surface area (Å²) in [7, 11) is 0. The first-order chi connectivity index (χ1) is 10.3. The second-order valence-electron chi connectivity index (χ2n) is 5.62. The molecule has 0 saturated carbocycles. The zero-order valence-electron chi connectivity index (χ0n) is 11.7. The Labute approximate surface area is 131 Å². The molecular weight excluding hydrogens is 302 g/mol. The van der Waals surface area contributed by atoms with Crippen LogP contribution in [0.2, 0.25) is 0 Å². The summed E-state index contributed by atoms with van der Waals surface area (Å²) in [4.78, 5) is 20.2. The van der Waals surface area contributed by atoms with E-state index in [9.17, 15) is 4.79 Å². The number of thiophene rings is 1. The molecule has 110 valence electrons. The third kappa shape index (κ3) is 2.46. The lowest BCUT2D eigenvalue weighted by Crippen LogP contribution is -2.29. The fraction of sp³-hybridized carbons (Fsp3) is 0.467. The molecule has 0 unspecified atom stereocenters. The first-order valence-corrected chi connectivity index (χ1v) is 9.15. The Morgan fingerprint density at radius 2 is 2.14 bits per heavy atom. The molecule has 2 aliphatic heterocycles. The van der Waals surface area contributed by atoms with Gasteiger partial charge in [0.05, 0.1) is 4.88 Å². The van der Waals surface area contributed by atoms with Crippen molar-refractivity contribution in [2.75, 3.05) is 23.3 Å². The number of piperidine rings is 1. The van der Waals surface area contributed by atoms with Gasteiger partial charge in [-0.3, -0.25) is 4.79 Å². The smallest absolute Gasteiger partial charge is 0.226 e. The quantitative estimate of drug-likeness (QED) is 0.918. The highest BCUT2D eigenvalue weighted by Crippen LogP contribution is 2.43. The predicted octanol–water partition coefficient (Wildman–Crippen LogP) is 3.67. The zero-order valence-corrected chi connectivity index (χ0v) is 13.3. The lowest BCUT2D eigenvalue weighted by Gasteiger charge is -2.25. The number of hydrogen-bond acceptors (Lipinski definition) is 5. The van der Waals surface area contributed by atoms with Crippen molar-refractivity contribution in [1.29, 1.82) is 0 Å². The van der Waals surface area contributed by atoms with E-state index in [1.807, 2.05) is 0 Å². The summed E-state index contributed by atoms with van der Waals surface area (Å²) in [6.45, 7) is 2.17. The number of hydrogen-bond donors (Lipinski definition) is 1. The second-order valence-corrected chi connectivity index (χ2v) is 7.41. The van der Waals surface area contributed by atoms with Gasteiger partial charge in [0, 0.05) is 25.4 Å². The molecule has 1 atom stereocenters. The Morgan fingerprint density at radius 1 is 1.29 bits per heavy atom. The van der Waals surface area contributed by atoms with E-state index in [0.717, 1.165) is 24.0 Å². The van der Waals surface area contributed by atoms with E-state index in [-0.39, 0.29) is 11.8 Å². The SMILES string of the molecule is O=C1C[C@H](c2ccsc2)c2sc(N3CCCCC3)nc2N1. The van der Waals surface area contributed by atoms with E-state index in [2.05, 4.69) is 27.0 Å². The Balaban J connectivity index is 1.70. The van der Waals surface area contributed by atoms with Gasteiger partial charge >= 0.3 is 0 Å². The minimum Gasteiger partial charge on any atom is -0.348 e. The topological polar surface area (TPSA) is 45.2 Å². The molecule has 0 radical (unpaired) electrons. The Hall–Kier alpha value is -1.40. The lowest BCUT2D eigenvalue weighted by molar-refractivity contribution is -0.116. The van der Waals surface area contributed by atoms with Crippen LogP contribution in [0.5, 0.6) is 0 Å². The number of rotatable bonds is 2. The molecule has 1 N–H and O–H groups in total. The first-order valence-electron chi connectivity index (χ1n) is 7.39. The lowest BCUT2D eigenvalue weighted by atomic mass is 9.94. The summed E-state index contributed by atoms with van der Waals surface area (Å²) in [6.07, 6.45) is 4.33. The van der Waals surface area contributed by atoms with E-state index in [1.165, 1.54) is 29.7 Å². The van der Waals surface area contributed by atoms with E-state index in [0.29, 0.717) is 6.42 Å². The number of carbonyl (C=O) groups is 1. The van der Waals surface area contributed by atoms with Crippen molar-refractivity contribution in [2.45, 2.75) is 31.6 Å². The van der Waals surface area contributed by atoms with Gasteiger partial charge in [0.1, 0.15) is 5.82 Å². The molecule has 6 heteroatoms. The van der Waals surface area contributed by atoms with E-state index in [1.54, 1.807) is 22.7 Å². The van der Waals surface area contributed by atoms with Crippen LogP contribution in [0.15, 0.2) is 16.8 Å². The van der Waals surface area contributed by atoms with Crippen LogP contribution >= 0.6 is 22.7 Å². The molecule has 2 aromatic rings. The van der Waals surface area contributed by atoms with Crippen LogP contribution in [-0.2, 0) is 4.79 Å². The molecule has 1 saturated heterocycles. The van der Waals surface area contributed by atoms with Crippen molar-refractivity contribution < 1.29 is 4.79 Å². The van der Waals surface area contributed by atoms with E-state index in [4.69, 9.17) is 4.98 Å². The maximum Gasteiger partial charge on any atom is 0.226 e. The number of amides is 1. The van der Waals surface area contributed by atoms with Crippen LogP contribution in [0.4, 0.5) is 10.9 Å². The predicted molar refractivity (Wildman–Crippen MR) is 87.6 cm³/mol. The Kier molecular flexibility index (Phi) is 3.43. The fourth-order valence-corrected chi connectivity index (χ4v) is 4.98. The van der Waals surface area contributed by atoms with E-state index >= 15 is 0 Å². The van der Waals surface area contributed by atoms with Crippen LogP contribution in [0.1, 0.15) is 42.0 Å². The number of carbonyl (C=O) groups excluding carboxylic acids is 1. The molecule has 0 aromatic carbocycles. The average molecular weight is 319 g/mol. The van der Waals surface area contributed by atoms with Gasteiger partial charge in [0.25, 0.3) is 0 Å². The summed E-state index contributed by atoms with van der Waals surface area (Å²) in [6, 6.07) is 2.12. The Bertz CT molecular complexity index is 644. The summed E-state index contributed by atoms with van der Waals surface area (Å²) in [5.74, 6) is 1.04. The van der Waals surface area contributed by atoms with Crippen LogP contribution < -0.4 is 10.2 Å². The highest BCUT2D eigenvalue weighted by atomic mass is 32.1. The van der Waals surface area contributed by atoms with Gasteiger partial charge in [-0.05, 0) is 41.7 Å². The third-order valence-corrected chi connectivity index (χ3v) is 6.11. The number of thiazole rings is 1. The van der Waals surface area contributed by atoms with Gasteiger partial charge in [-0.15, -0.1) is 0 Å². The van der Waals surface area contributed by atoms with Gasteiger partial charge < -0.3 is 10.2 Å². The molecule has 1 amide bonds. The maximum atomic E-state index is 12.0. The number of aromatic nitrogens is 1. The third-order valence-electron chi connectivity index (χ3n) is 4.18. The standard InChI is InChI=1S/C15H17N3OS2/c19-12-8-11(10-4-7-20-9-10)13-14(16-12)17-15(21-13)18-5-2-1-3-6-18/h4,7,9,11H,1-3,5-6,8H2,(H,16,19)/t11-/m1/s1. The molecule has 0 bridgehead atoms. The van der Waals surface area contributed by atoms with Crippen molar-refractivity contribution in [2.24, 2.45) is 0 Å². The largest absolute Gasteiger partial charge is 0.348 e. The highest BCUT2D eigenvalue weighted by Gasteiger charge is 2.31. The van der Waals surface area contributed by atoms with E-state index < -0.39 is 0 Å². The Morgan fingerprint density at radius 3 is 2.90 bits per heavy atom. The normalized spacial score (nSPS) is 22.0. The summed E-state index contributed by atoms with van der Waals surface area (Å²) < 4.78 is 0. The molecule has 0 aliphatic carbocycles. The van der Waals surface area contributed by atoms with Gasteiger partial charge in [-0.1, -0.05) is 11.3 Å². The summed E-state index contributed by atoms with van der Waals surface area (Å²) >= 11 is 3.44. The molecule has 4 nitrogen and oxygen atoms in total.